The van der Waals surface area contributed by atoms with Crippen molar-refractivity contribution in [2.45, 2.75) is 239 Å². The van der Waals surface area contributed by atoms with Gasteiger partial charge in [-0.2, -0.15) is 0 Å². The minimum absolute atomic E-state index is 0.117. The van der Waals surface area contributed by atoms with Crippen molar-refractivity contribution in [2.24, 2.45) is 0 Å². The standard InChI is InChI=1S/C64H102O6/c1-4-7-10-13-16-19-22-25-28-31-32-34-36-39-42-45-48-51-54-57-63(66)69-60-61(59-68-62(65)56-53-50-47-44-41-38-35-30-27-24-21-18-15-12-9-6-3)70-64(67)58-55-52-49-46-43-40-37-33-29-26-23-20-17-14-11-8-5-2/h8-9,11-12,16-22,25-27,29-30,37-38,40-41,46,49,61H,4-7,10,13-15,23-24,28,31-36,39,42-45,47-48,50-60H2,1-3H3/b11-8-,12-9-,19-16-,20-17-,21-18-,25-22-,29-26-,30-27-,40-37-,41-38-,49-46-. The number of esters is 3. The van der Waals surface area contributed by atoms with Gasteiger partial charge >= 0.3 is 17.9 Å². The van der Waals surface area contributed by atoms with Gasteiger partial charge in [0.15, 0.2) is 6.10 Å². The molecule has 0 aromatic carbocycles. The number of ether oxygens (including phenoxy) is 3. The van der Waals surface area contributed by atoms with E-state index in [1.165, 1.54) is 77.0 Å². The van der Waals surface area contributed by atoms with Crippen LogP contribution in [0.5, 0.6) is 0 Å². The fraction of sp³-hybridized carbons (Fsp3) is 0.609. The quantitative estimate of drug-likeness (QED) is 0.0199. The fourth-order valence-electron chi connectivity index (χ4n) is 7.22. The van der Waals surface area contributed by atoms with E-state index in [0.717, 1.165) is 109 Å². The molecule has 6 nitrogen and oxygen atoms in total. The number of hydrogen-bond donors (Lipinski definition) is 0. The highest BCUT2D eigenvalue weighted by Crippen LogP contribution is 2.14. The predicted octanol–water partition coefficient (Wildman–Crippen LogP) is 19.0. The second-order valence-corrected chi connectivity index (χ2v) is 18.1. The summed E-state index contributed by atoms with van der Waals surface area (Å²) in [5, 5.41) is 0. The molecule has 0 rings (SSSR count). The van der Waals surface area contributed by atoms with Gasteiger partial charge in [0, 0.05) is 19.3 Å². The summed E-state index contributed by atoms with van der Waals surface area (Å²) in [6.07, 6.45) is 80.1. The van der Waals surface area contributed by atoms with Crippen molar-refractivity contribution < 1.29 is 28.6 Å². The van der Waals surface area contributed by atoms with Gasteiger partial charge in [0.05, 0.1) is 0 Å². The van der Waals surface area contributed by atoms with Gasteiger partial charge in [-0.1, -0.05) is 225 Å². The molecule has 0 saturated heterocycles. The van der Waals surface area contributed by atoms with Crippen LogP contribution in [-0.4, -0.2) is 37.2 Å². The molecule has 0 N–H and O–H groups in total. The van der Waals surface area contributed by atoms with E-state index in [1.807, 2.05) is 0 Å². The third-order valence-electron chi connectivity index (χ3n) is 11.4. The molecule has 394 valence electrons. The zero-order chi connectivity index (χ0) is 50.7. The highest BCUT2D eigenvalue weighted by molar-refractivity contribution is 5.71. The van der Waals surface area contributed by atoms with E-state index in [9.17, 15) is 14.4 Å². The zero-order valence-corrected chi connectivity index (χ0v) is 45.0. The number of carbonyl (C=O) groups excluding carboxylic acids is 3. The maximum Gasteiger partial charge on any atom is 0.306 e. The van der Waals surface area contributed by atoms with Crippen molar-refractivity contribution in [2.75, 3.05) is 13.2 Å². The van der Waals surface area contributed by atoms with Crippen molar-refractivity contribution in [3.8, 4) is 0 Å². The van der Waals surface area contributed by atoms with Crippen LogP contribution >= 0.6 is 0 Å². The number of rotatable bonds is 49. The highest BCUT2D eigenvalue weighted by Gasteiger charge is 2.19. The van der Waals surface area contributed by atoms with Gasteiger partial charge in [0.2, 0.25) is 0 Å². The molecule has 0 spiro atoms. The summed E-state index contributed by atoms with van der Waals surface area (Å²) >= 11 is 0. The van der Waals surface area contributed by atoms with Gasteiger partial charge in [-0.15, -0.1) is 0 Å². The monoisotopic (exact) mass is 967 g/mol. The first-order valence-electron chi connectivity index (χ1n) is 28.2. The Balaban J connectivity index is 4.54. The van der Waals surface area contributed by atoms with E-state index in [-0.39, 0.29) is 37.5 Å². The van der Waals surface area contributed by atoms with Crippen molar-refractivity contribution in [1.82, 2.24) is 0 Å². The van der Waals surface area contributed by atoms with Crippen LogP contribution in [0.15, 0.2) is 134 Å². The second kappa shape index (κ2) is 57.1. The summed E-state index contributed by atoms with van der Waals surface area (Å²) < 4.78 is 16.8. The van der Waals surface area contributed by atoms with E-state index in [4.69, 9.17) is 14.2 Å². The summed E-state index contributed by atoms with van der Waals surface area (Å²) in [6, 6.07) is 0. The van der Waals surface area contributed by atoms with Crippen LogP contribution in [0.1, 0.15) is 233 Å². The molecular formula is C64H102O6. The molecule has 0 bridgehead atoms. The summed E-state index contributed by atoms with van der Waals surface area (Å²) in [4.78, 5) is 38.1. The van der Waals surface area contributed by atoms with Crippen molar-refractivity contribution in [1.29, 1.82) is 0 Å². The molecule has 0 aliphatic rings. The lowest BCUT2D eigenvalue weighted by Crippen LogP contribution is -2.30. The molecule has 0 fully saturated rings. The molecule has 70 heavy (non-hydrogen) atoms. The summed E-state index contributed by atoms with van der Waals surface area (Å²) in [5.74, 6) is -1.02. The van der Waals surface area contributed by atoms with Crippen LogP contribution in [-0.2, 0) is 28.6 Å². The molecular weight excluding hydrogens is 865 g/mol. The van der Waals surface area contributed by atoms with E-state index in [2.05, 4.69) is 154 Å². The molecule has 0 aromatic heterocycles. The maximum atomic E-state index is 12.8. The molecule has 6 heteroatoms. The Hall–Kier alpha value is -4.45. The van der Waals surface area contributed by atoms with Gasteiger partial charge in [-0.3, -0.25) is 14.4 Å². The van der Waals surface area contributed by atoms with Gasteiger partial charge in [0.1, 0.15) is 13.2 Å². The van der Waals surface area contributed by atoms with Crippen LogP contribution in [0, 0.1) is 0 Å². The smallest absolute Gasteiger partial charge is 0.306 e. The highest BCUT2D eigenvalue weighted by atomic mass is 16.6. The summed E-state index contributed by atoms with van der Waals surface area (Å²) in [7, 11) is 0. The van der Waals surface area contributed by atoms with Gasteiger partial charge in [-0.25, -0.2) is 0 Å². The Morgan fingerprint density at radius 3 is 1.01 bits per heavy atom. The molecule has 0 saturated carbocycles. The lowest BCUT2D eigenvalue weighted by atomic mass is 10.1. The first-order chi connectivity index (χ1) is 34.5. The molecule has 0 aliphatic heterocycles. The van der Waals surface area contributed by atoms with Crippen LogP contribution in [0.4, 0.5) is 0 Å². The average Bonchev–Trinajstić information content (AvgIpc) is 3.36. The lowest BCUT2D eigenvalue weighted by Gasteiger charge is -2.18. The van der Waals surface area contributed by atoms with E-state index in [1.54, 1.807) is 0 Å². The van der Waals surface area contributed by atoms with Crippen LogP contribution in [0.25, 0.3) is 0 Å². The third-order valence-corrected chi connectivity index (χ3v) is 11.4. The Bertz CT molecular complexity index is 1530. The lowest BCUT2D eigenvalue weighted by molar-refractivity contribution is -0.167. The molecule has 0 amide bonds. The number of allylic oxidation sites excluding steroid dienone is 22. The van der Waals surface area contributed by atoms with E-state index >= 15 is 0 Å². The van der Waals surface area contributed by atoms with Crippen LogP contribution in [0.2, 0.25) is 0 Å². The summed E-state index contributed by atoms with van der Waals surface area (Å²) in [5.41, 5.74) is 0. The minimum atomic E-state index is -0.828. The second-order valence-electron chi connectivity index (χ2n) is 18.1. The van der Waals surface area contributed by atoms with Gasteiger partial charge < -0.3 is 14.2 Å². The van der Waals surface area contributed by atoms with Crippen molar-refractivity contribution >= 4 is 17.9 Å². The van der Waals surface area contributed by atoms with Crippen LogP contribution in [0.3, 0.4) is 0 Å². The predicted molar refractivity (Wildman–Crippen MR) is 302 cm³/mol. The molecule has 0 aliphatic carbocycles. The molecule has 0 aromatic rings. The third kappa shape index (κ3) is 54.5. The summed E-state index contributed by atoms with van der Waals surface area (Å²) in [6.45, 7) is 6.30. The first kappa shape index (κ1) is 65.5. The molecule has 0 heterocycles. The Labute approximate surface area is 430 Å². The minimum Gasteiger partial charge on any atom is -0.462 e. The van der Waals surface area contributed by atoms with Crippen molar-refractivity contribution in [3.63, 3.8) is 0 Å². The van der Waals surface area contributed by atoms with E-state index in [0.29, 0.717) is 19.3 Å². The number of unbranched alkanes of at least 4 members (excludes halogenated alkanes) is 17. The number of hydrogen-bond acceptors (Lipinski definition) is 6. The van der Waals surface area contributed by atoms with Crippen LogP contribution < -0.4 is 0 Å². The topological polar surface area (TPSA) is 78.9 Å². The normalized spacial score (nSPS) is 13.1. The molecule has 1 unspecified atom stereocenters. The SMILES string of the molecule is CC/C=C\C/C=C\C/C=C\C/C=C\C/C=C\CCCC(=O)OC(COC(=O)CCCCC/C=C\C/C=C\C/C=C\C/C=C\CC)COC(=O)CCCCCCCCCCCC/C=C\C=C/CCCCC. The van der Waals surface area contributed by atoms with E-state index < -0.39 is 6.10 Å². The van der Waals surface area contributed by atoms with Crippen molar-refractivity contribution in [3.05, 3.63) is 134 Å². The Morgan fingerprint density at radius 1 is 0.314 bits per heavy atom. The first-order valence-corrected chi connectivity index (χ1v) is 28.2. The molecule has 0 radical (unpaired) electrons. The number of carbonyl (C=O) groups is 3. The Morgan fingerprint density at radius 2 is 0.614 bits per heavy atom. The van der Waals surface area contributed by atoms with Gasteiger partial charge in [-0.05, 0) is 122 Å². The largest absolute Gasteiger partial charge is 0.462 e. The Kier molecular flexibility index (Phi) is 53.5. The molecule has 1 atom stereocenters. The fourth-order valence-corrected chi connectivity index (χ4v) is 7.22. The maximum absolute atomic E-state index is 12.8. The van der Waals surface area contributed by atoms with Gasteiger partial charge in [0.25, 0.3) is 0 Å². The zero-order valence-electron chi connectivity index (χ0n) is 45.0. The average molecular weight is 968 g/mol.